The normalized spacial score (nSPS) is 27.4. The van der Waals surface area contributed by atoms with E-state index in [1.54, 1.807) is 0 Å². The van der Waals surface area contributed by atoms with Gasteiger partial charge in [0.05, 0.1) is 0 Å². The molecule has 1 aliphatic heterocycles. The monoisotopic (exact) mass is 328 g/mol. The van der Waals surface area contributed by atoms with Crippen LogP contribution < -0.4 is 5.32 Å². The van der Waals surface area contributed by atoms with Crippen molar-refractivity contribution < 1.29 is 14.4 Å². The van der Waals surface area contributed by atoms with Crippen molar-refractivity contribution in [2.45, 2.75) is 44.6 Å². The van der Waals surface area contributed by atoms with Crippen LogP contribution in [0, 0.1) is 5.92 Å². The van der Waals surface area contributed by atoms with Gasteiger partial charge in [-0.05, 0) is 44.1 Å². The third-order valence-electron chi connectivity index (χ3n) is 5.26. The average Bonchev–Trinajstić information content (AvgIpc) is 2.91. The van der Waals surface area contributed by atoms with Crippen molar-refractivity contribution in [2.24, 2.45) is 5.92 Å². The van der Waals surface area contributed by atoms with Gasteiger partial charge in [0.15, 0.2) is 0 Å². The number of benzene rings is 1. The summed E-state index contributed by atoms with van der Waals surface area (Å²) in [4.78, 5) is 37.5. The molecule has 1 aliphatic carbocycles. The van der Waals surface area contributed by atoms with E-state index < -0.39 is 17.6 Å². The van der Waals surface area contributed by atoms with Gasteiger partial charge >= 0.3 is 0 Å². The molecule has 0 spiro atoms. The van der Waals surface area contributed by atoms with Crippen molar-refractivity contribution in [2.75, 3.05) is 13.1 Å². The van der Waals surface area contributed by atoms with Crippen molar-refractivity contribution in [3.63, 3.8) is 0 Å². The van der Waals surface area contributed by atoms with Gasteiger partial charge in [-0.1, -0.05) is 30.3 Å². The van der Waals surface area contributed by atoms with Crippen LogP contribution in [0.3, 0.4) is 0 Å². The van der Waals surface area contributed by atoms with Crippen LogP contribution >= 0.6 is 0 Å². The van der Waals surface area contributed by atoms with Crippen molar-refractivity contribution in [3.8, 4) is 0 Å². The first-order valence-electron chi connectivity index (χ1n) is 8.78. The van der Waals surface area contributed by atoms with E-state index in [2.05, 4.69) is 29.6 Å². The van der Waals surface area contributed by atoms with Gasteiger partial charge in [0, 0.05) is 19.1 Å². The molecule has 0 aromatic heterocycles. The topological polar surface area (TPSA) is 66.5 Å². The molecule has 1 atom stereocenters. The zero-order valence-corrected chi connectivity index (χ0v) is 14.0. The molecule has 1 saturated heterocycles. The predicted molar refractivity (Wildman–Crippen MR) is 90.3 cm³/mol. The van der Waals surface area contributed by atoms with Crippen LogP contribution in [-0.2, 0) is 14.4 Å². The largest absolute Gasteiger partial charge is 0.353 e. The van der Waals surface area contributed by atoms with Gasteiger partial charge in [-0.2, -0.15) is 0 Å². The molecule has 5 nitrogen and oxygen atoms in total. The lowest BCUT2D eigenvalue weighted by Crippen LogP contribution is -2.43. The van der Waals surface area contributed by atoms with Gasteiger partial charge in [0.2, 0.25) is 11.7 Å². The Morgan fingerprint density at radius 1 is 1.12 bits per heavy atom. The van der Waals surface area contributed by atoms with Crippen molar-refractivity contribution in [1.82, 2.24) is 10.2 Å². The second kappa shape index (κ2) is 7.16. The highest BCUT2D eigenvalue weighted by molar-refractivity contribution is 6.42. The number of hydrogen-bond donors (Lipinski definition) is 1. The first-order valence-corrected chi connectivity index (χ1v) is 8.78. The highest BCUT2D eigenvalue weighted by Gasteiger charge is 2.42. The van der Waals surface area contributed by atoms with E-state index in [1.165, 1.54) is 10.5 Å². The maximum absolute atomic E-state index is 12.4. The molecule has 24 heavy (non-hydrogen) atoms. The standard InChI is InChI=1S/C19H24N2O3/c1-2-21-12-16(17(22)19(21)24)18(23)20-15-10-8-14(9-11-15)13-6-4-3-5-7-13/h3-7,14-16H,2,8-12H2,1H3,(H,20,23). The molecule has 2 fully saturated rings. The van der Waals surface area contributed by atoms with Crippen molar-refractivity contribution in [3.05, 3.63) is 35.9 Å². The summed E-state index contributed by atoms with van der Waals surface area (Å²) in [6, 6.07) is 10.6. The summed E-state index contributed by atoms with van der Waals surface area (Å²) < 4.78 is 0. The van der Waals surface area contributed by atoms with E-state index in [9.17, 15) is 14.4 Å². The zero-order valence-electron chi connectivity index (χ0n) is 14.0. The highest BCUT2D eigenvalue weighted by atomic mass is 16.2. The fraction of sp³-hybridized carbons (Fsp3) is 0.526. The molecule has 128 valence electrons. The minimum Gasteiger partial charge on any atom is -0.353 e. The van der Waals surface area contributed by atoms with Crippen molar-refractivity contribution >= 4 is 17.6 Å². The Hall–Kier alpha value is -2.17. The summed E-state index contributed by atoms with van der Waals surface area (Å²) in [6.45, 7) is 2.51. The second-order valence-corrected chi connectivity index (χ2v) is 6.73. The van der Waals surface area contributed by atoms with Crippen LogP contribution in [0.5, 0.6) is 0 Å². The van der Waals surface area contributed by atoms with Crippen LogP contribution in [0.15, 0.2) is 30.3 Å². The number of hydrogen-bond acceptors (Lipinski definition) is 3. The van der Waals surface area contributed by atoms with E-state index in [1.807, 2.05) is 13.0 Å². The summed E-state index contributed by atoms with van der Waals surface area (Å²) in [5.41, 5.74) is 1.36. The fourth-order valence-electron chi connectivity index (χ4n) is 3.76. The minimum absolute atomic E-state index is 0.107. The van der Waals surface area contributed by atoms with E-state index in [4.69, 9.17) is 0 Å². The Morgan fingerprint density at radius 3 is 2.38 bits per heavy atom. The maximum Gasteiger partial charge on any atom is 0.290 e. The second-order valence-electron chi connectivity index (χ2n) is 6.73. The smallest absolute Gasteiger partial charge is 0.290 e. The molecule has 0 bridgehead atoms. The molecule has 5 heteroatoms. The Kier molecular flexibility index (Phi) is 4.97. The third-order valence-corrected chi connectivity index (χ3v) is 5.26. The number of likely N-dealkylation sites (tertiary alicyclic amines) is 1. The van der Waals surface area contributed by atoms with Crippen molar-refractivity contribution in [1.29, 1.82) is 0 Å². The lowest BCUT2D eigenvalue weighted by atomic mass is 9.81. The van der Waals surface area contributed by atoms with Gasteiger partial charge in [-0.15, -0.1) is 0 Å². The first kappa shape index (κ1) is 16.7. The average molecular weight is 328 g/mol. The van der Waals surface area contributed by atoms with Gasteiger partial charge in [0.25, 0.3) is 5.91 Å². The number of likely N-dealkylation sites (N-methyl/N-ethyl adjacent to an activating group) is 1. The van der Waals surface area contributed by atoms with Crippen LogP contribution in [0.1, 0.15) is 44.1 Å². The van der Waals surface area contributed by atoms with Gasteiger partial charge in [0.1, 0.15) is 5.92 Å². The molecule has 2 amide bonds. The number of nitrogens with one attached hydrogen (secondary N) is 1. The maximum atomic E-state index is 12.4. The van der Waals surface area contributed by atoms with Crippen LogP contribution in [-0.4, -0.2) is 41.6 Å². The van der Waals surface area contributed by atoms with Gasteiger partial charge in [-0.25, -0.2) is 0 Å². The van der Waals surface area contributed by atoms with E-state index in [-0.39, 0.29) is 18.5 Å². The summed E-state index contributed by atoms with van der Waals surface area (Å²) >= 11 is 0. The highest BCUT2D eigenvalue weighted by Crippen LogP contribution is 2.32. The third kappa shape index (κ3) is 3.35. The fourth-order valence-corrected chi connectivity index (χ4v) is 3.76. The molecule has 1 aromatic carbocycles. The molecule has 3 rings (SSSR count). The molecule has 0 radical (unpaired) electrons. The number of nitrogens with zero attached hydrogens (tertiary/aromatic N) is 1. The molecule has 1 heterocycles. The van der Waals surface area contributed by atoms with E-state index in [0.717, 1.165) is 25.7 Å². The minimum atomic E-state index is -0.829. The van der Waals surface area contributed by atoms with Crippen LogP contribution in [0.25, 0.3) is 0 Å². The molecule has 1 unspecified atom stereocenters. The van der Waals surface area contributed by atoms with E-state index >= 15 is 0 Å². The summed E-state index contributed by atoms with van der Waals surface area (Å²) in [5, 5.41) is 2.99. The summed E-state index contributed by atoms with van der Waals surface area (Å²) in [7, 11) is 0. The number of ketones is 1. The molecule has 1 aromatic rings. The quantitative estimate of drug-likeness (QED) is 0.678. The number of rotatable bonds is 4. The SMILES string of the molecule is CCN1CC(C(=O)NC2CCC(c3ccccc3)CC2)C(=O)C1=O. The van der Waals surface area contributed by atoms with Gasteiger partial charge < -0.3 is 10.2 Å². The predicted octanol–water partition coefficient (Wildman–Crippen LogP) is 1.88. The Morgan fingerprint density at radius 2 is 1.79 bits per heavy atom. The molecular weight excluding hydrogens is 304 g/mol. The van der Waals surface area contributed by atoms with Gasteiger partial charge in [-0.3, -0.25) is 14.4 Å². The molecule has 1 saturated carbocycles. The number of carbonyl (C=O) groups is 3. The number of Topliss-reactive ketones (excluding diaryl/α,β-unsaturated/α-hetero) is 1. The zero-order chi connectivity index (χ0) is 17.1. The summed E-state index contributed by atoms with van der Waals surface area (Å²) in [6.07, 6.45) is 3.90. The first-order chi connectivity index (χ1) is 11.6. The van der Waals surface area contributed by atoms with E-state index in [0.29, 0.717) is 12.5 Å². The lowest BCUT2D eigenvalue weighted by molar-refractivity contribution is -0.142. The Balaban J connectivity index is 1.52. The molecular formula is C19H24N2O3. The molecule has 2 aliphatic rings. The lowest BCUT2D eigenvalue weighted by Gasteiger charge is -2.30. The molecule has 1 N–H and O–H groups in total. The Labute approximate surface area is 142 Å². The Bertz CT molecular complexity index is 621. The number of carbonyl (C=O) groups excluding carboxylic acids is 3. The summed E-state index contributed by atoms with van der Waals surface area (Å²) in [5.74, 6) is -1.65. The van der Waals surface area contributed by atoms with Crippen LogP contribution in [0.2, 0.25) is 0 Å². The van der Waals surface area contributed by atoms with Crippen LogP contribution in [0.4, 0.5) is 0 Å². The number of amides is 2.